The van der Waals surface area contributed by atoms with Gasteiger partial charge < -0.3 is 10.2 Å². The van der Waals surface area contributed by atoms with Gasteiger partial charge in [-0.3, -0.25) is 9.59 Å². The second kappa shape index (κ2) is 11.6. The molecule has 0 unspecified atom stereocenters. The number of halogens is 1. The predicted molar refractivity (Wildman–Crippen MR) is 129 cm³/mol. The number of hydrogen-bond acceptors (Lipinski definition) is 3. The van der Waals surface area contributed by atoms with E-state index >= 15 is 0 Å². The summed E-state index contributed by atoms with van der Waals surface area (Å²) in [6.07, 6.45) is 4.36. The molecule has 0 aromatic heterocycles. The van der Waals surface area contributed by atoms with Crippen LogP contribution in [0.25, 0.3) is 0 Å². The molecule has 1 N–H and O–H groups in total. The van der Waals surface area contributed by atoms with Gasteiger partial charge in [0.25, 0.3) is 0 Å². The summed E-state index contributed by atoms with van der Waals surface area (Å²) < 4.78 is 0. The fourth-order valence-electron chi connectivity index (χ4n) is 3.89. The smallest absolute Gasteiger partial charge is 0.242 e. The maximum atomic E-state index is 13.2. The van der Waals surface area contributed by atoms with E-state index in [0.717, 1.165) is 42.4 Å². The Balaban J connectivity index is 1.67. The number of amides is 2. The molecule has 0 bridgehead atoms. The van der Waals surface area contributed by atoms with Gasteiger partial charge >= 0.3 is 0 Å². The molecule has 1 atom stereocenters. The van der Waals surface area contributed by atoms with Crippen molar-refractivity contribution in [2.75, 3.05) is 5.75 Å². The number of nitrogens with one attached hydrogen (secondary N) is 1. The molecule has 2 aromatic carbocycles. The Kier molecular flexibility index (Phi) is 8.85. The summed E-state index contributed by atoms with van der Waals surface area (Å²) >= 11 is 7.76. The highest BCUT2D eigenvalue weighted by Gasteiger charge is 2.28. The van der Waals surface area contributed by atoms with Gasteiger partial charge in [0.2, 0.25) is 11.8 Å². The Hall–Kier alpha value is -1.98. The molecule has 1 aliphatic carbocycles. The van der Waals surface area contributed by atoms with Gasteiger partial charge in [0.05, 0.1) is 5.75 Å². The van der Waals surface area contributed by atoms with Crippen LogP contribution < -0.4 is 5.32 Å². The summed E-state index contributed by atoms with van der Waals surface area (Å²) in [5.41, 5.74) is 3.19. The van der Waals surface area contributed by atoms with E-state index in [1.807, 2.05) is 62.4 Å². The topological polar surface area (TPSA) is 49.4 Å². The van der Waals surface area contributed by atoms with Gasteiger partial charge in [-0.15, -0.1) is 11.8 Å². The van der Waals surface area contributed by atoms with E-state index in [1.54, 1.807) is 4.90 Å². The molecule has 0 aliphatic heterocycles. The molecule has 1 fully saturated rings. The highest BCUT2D eigenvalue weighted by molar-refractivity contribution is 7.99. The predicted octanol–water partition coefficient (Wildman–Crippen LogP) is 5.36. The Morgan fingerprint density at radius 1 is 1.10 bits per heavy atom. The highest BCUT2D eigenvalue weighted by Crippen LogP contribution is 2.22. The largest absolute Gasteiger partial charge is 0.352 e. The first-order valence-corrected chi connectivity index (χ1v) is 12.4. The van der Waals surface area contributed by atoms with Crippen molar-refractivity contribution in [2.24, 2.45) is 0 Å². The van der Waals surface area contributed by atoms with Gasteiger partial charge in [0, 0.05) is 23.4 Å². The van der Waals surface area contributed by atoms with Crippen LogP contribution in [-0.4, -0.2) is 34.6 Å². The van der Waals surface area contributed by atoms with E-state index in [4.69, 9.17) is 11.6 Å². The molecule has 3 rings (SSSR count). The van der Waals surface area contributed by atoms with Gasteiger partial charge in [-0.2, -0.15) is 0 Å². The Morgan fingerprint density at radius 2 is 1.74 bits per heavy atom. The number of aryl methyl sites for hydroxylation is 1. The molecule has 2 amide bonds. The van der Waals surface area contributed by atoms with Crippen molar-refractivity contribution in [2.45, 2.75) is 63.9 Å². The Morgan fingerprint density at radius 3 is 2.42 bits per heavy atom. The average molecular weight is 459 g/mol. The summed E-state index contributed by atoms with van der Waals surface area (Å²) in [7, 11) is 0. The molecule has 1 saturated carbocycles. The lowest BCUT2D eigenvalue weighted by Gasteiger charge is -2.30. The molecule has 31 heavy (non-hydrogen) atoms. The summed E-state index contributed by atoms with van der Waals surface area (Å²) in [5, 5.41) is 3.86. The molecule has 166 valence electrons. The zero-order chi connectivity index (χ0) is 22.2. The Labute approximate surface area is 194 Å². The minimum Gasteiger partial charge on any atom is -0.352 e. The van der Waals surface area contributed by atoms with Crippen LogP contribution >= 0.6 is 23.4 Å². The number of carbonyl (C=O) groups excluding carboxylic acids is 2. The van der Waals surface area contributed by atoms with E-state index in [0.29, 0.717) is 23.1 Å². The van der Waals surface area contributed by atoms with E-state index in [2.05, 4.69) is 5.32 Å². The van der Waals surface area contributed by atoms with Crippen LogP contribution in [0.15, 0.2) is 48.5 Å². The highest BCUT2D eigenvalue weighted by atomic mass is 35.5. The van der Waals surface area contributed by atoms with Crippen LogP contribution in [-0.2, 0) is 21.9 Å². The first kappa shape index (κ1) is 23.7. The molecule has 0 spiro atoms. The molecule has 6 heteroatoms. The maximum absolute atomic E-state index is 13.2. The van der Waals surface area contributed by atoms with Crippen molar-refractivity contribution in [1.29, 1.82) is 0 Å². The first-order valence-electron chi connectivity index (χ1n) is 10.9. The van der Waals surface area contributed by atoms with E-state index in [1.165, 1.54) is 11.8 Å². The van der Waals surface area contributed by atoms with Crippen molar-refractivity contribution in [3.8, 4) is 0 Å². The second-order valence-electron chi connectivity index (χ2n) is 8.20. The molecule has 1 aliphatic rings. The zero-order valence-corrected chi connectivity index (χ0v) is 19.8. The van der Waals surface area contributed by atoms with Crippen LogP contribution in [0.5, 0.6) is 0 Å². The van der Waals surface area contributed by atoms with Gasteiger partial charge in [-0.05, 0) is 49.4 Å². The van der Waals surface area contributed by atoms with E-state index < -0.39 is 6.04 Å². The second-order valence-corrected chi connectivity index (χ2v) is 9.59. The van der Waals surface area contributed by atoms with Crippen LogP contribution in [0, 0.1) is 6.92 Å². The van der Waals surface area contributed by atoms with Crippen LogP contribution in [0.4, 0.5) is 0 Å². The zero-order valence-electron chi connectivity index (χ0n) is 18.3. The quantitative estimate of drug-likeness (QED) is 0.550. The SMILES string of the molecule is Cc1ccccc1CN(C(=O)CSCc1ccccc1Cl)[C@@H](C)C(=O)NC1CCCC1. The van der Waals surface area contributed by atoms with Crippen molar-refractivity contribution < 1.29 is 9.59 Å². The summed E-state index contributed by atoms with van der Waals surface area (Å²) in [6, 6.07) is 15.4. The number of carbonyl (C=O) groups is 2. The third-order valence-corrected chi connectivity index (χ3v) is 7.25. The molecule has 4 nitrogen and oxygen atoms in total. The van der Waals surface area contributed by atoms with Crippen LogP contribution in [0.1, 0.15) is 49.3 Å². The van der Waals surface area contributed by atoms with Gasteiger partial charge in [-0.25, -0.2) is 0 Å². The van der Waals surface area contributed by atoms with Crippen molar-refractivity contribution >= 4 is 35.2 Å². The summed E-state index contributed by atoms with van der Waals surface area (Å²) in [5.74, 6) is 0.865. The van der Waals surface area contributed by atoms with Gasteiger partial charge in [-0.1, -0.05) is 66.9 Å². The standard InChI is InChI=1S/C25H31ClN2O2S/c1-18-9-3-4-10-20(18)15-28(19(2)25(30)27-22-12-6-7-13-22)24(29)17-31-16-21-11-5-8-14-23(21)26/h3-5,8-11,14,19,22H,6-7,12-13,15-17H2,1-2H3,(H,27,30)/t19-/m0/s1. The monoisotopic (exact) mass is 458 g/mol. The average Bonchev–Trinajstić information content (AvgIpc) is 3.27. The van der Waals surface area contributed by atoms with Crippen molar-refractivity contribution in [1.82, 2.24) is 10.2 Å². The van der Waals surface area contributed by atoms with E-state index in [-0.39, 0.29) is 17.9 Å². The van der Waals surface area contributed by atoms with Gasteiger partial charge in [0.15, 0.2) is 0 Å². The minimum atomic E-state index is -0.520. The fraction of sp³-hybridized carbons (Fsp3) is 0.440. The first-order chi connectivity index (χ1) is 15.0. The lowest BCUT2D eigenvalue weighted by atomic mass is 10.1. The molecule has 0 radical (unpaired) electrons. The normalized spacial score (nSPS) is 14.9. The fourth-order valence-corrected chi connectivity index (χ4v) is 5.09. The number of hydrogen-bond donors (Lipinski definition) is 1. The maximum Gasteiger partial charge on any atom is 0.242 e. The summed E-state index contributed by atoms with van der Waals surface area (Å²) in [6.45, 7) is 4.30. The number of rotatable bonds is 9. The lowest BCUT2D eigenvalue weighted by Crippen LogP contribution is -2.50. The van der Waals surface area contributed by atoms with Crippen LogP contribution in [0.3, 0.4) is 0 Å². The lowest BCUT2D eigenvalue weighted by molar-refractivity contribution is -0.139. The third-order valence-electron chi connectivity index (χ3n) is 5.91. The number of nitrogens with zero attached hydrogens (tertiary/aromatic N) is 1. The van der Waals surface area contributed by atoms with Crippen molar-refractivity contribution in [3.05, 3.63) is 70.2 Å². The number of thioether (sulfide) groups is 1. The molecular formula is C25H31ClN2O2S. The number of benzene rings is 2. The Bertz CT molecular complexity index is 899. The molecule has 0 heterocycles. The molecular weight excluding hydrogens is 428 g/mol. The third kappa shape index (κ3) is 6.75. The molecule has 0 saturated heterocycles. The summed E-state index contributed by atoms with van der Waals surface area (Å²) in [4.78, 5) is 27.9. The molecule has 2 aromatic rings. The van der Waals surface area contributed by atoms with E-state index in [9.17, 15) is 9.59 Å². The van der Waals surface area contributed by atoms with Crippen molar-refractivity contribution in [3.63, 3.8) is 0 Å². The van der Waals surface area contributed by atoms with Crippen LogP contribution in [0.2, 0.25) is 5.02 Å². The minimum absolute atomic E-state index is 0.0330. The van der Waals surface area contributed by atoms with Gasteiger partial charge in [0.1, 0.15) is 6.04 Å².